The molecular formula is C12H9BrO2S. The van der Waals surface area contributed by atoms with Gasteiger partial charge >= 0.3 is 0 Å². The van der Waals surface area contributed by atoms with Crippen LogP contribution in [0.2, 0.25) is 0 Å². The van der Waals surface area contributed by atoms with Crippen LogP contribution in [0.25, 0.3) is 0 Å². The Bertz CT molecular complexity index is 493. The van der Waals surface area contributed by atoms with Crippen molar-refractivity contribution in [2.75, 3.05) is 0 Å². The standard InChI is InChI=1S/C12H9BrO2S/c13-9-2-1-3-12(6-9)16-8-11-5-4-10(7-14)15-11/h1-7H,8H2. The molecule has 0 saturated heterocycles. The Kier molecular flexibility index (Phi) is 3.85. The quantitative estimate of drug-likeness (QED) is 0.627. The van der Waals surface area contributed by atoms with E-state index in [0.717, 1.165) is 16.0 Å². The minimum absolute atomic E-state index is 0.379. The van der Waals surface area contributed by atoms with E-state index < -0.39 is 0 Å². The maximum absolute atomic E-state index is 10.4. The van der Waals surface area contributed by atoms with Gasteiger partial charge in [0.05, 0.1) is 5.75 Å². The van der Waals surface area contributed by atoms with Gasteiger partial charge < -0.3 is 4.42 Å². The molecule has 0 aliphatic rings. The topological polar surface area (TPSA) is 30.2 Å². The Morgan fingerprint density at radius 3 is 2.88 bits per heavy atom. The van der Waals surface area contributed by atoms with Crippen molar-refractivity contribution in [1.29, 1.82) is 0 Å². The molecule has 0 N–H and O–H groups in total. The lowest BCUT2D eigenvalue weighted by molar-refractivity contribution is 0.109. The third kappa shape index (κ3) is 3.00. The molecule has 2 rings (SSSR count). The molecule has 0 radical (unpaired) electrons. The molecule has 0 aliphatic carbocycles. The molecule has 82 valence electrons. The second-order valence-corrected chi connectivity index (χ2v) is 5.13. The molecule has 0 spiro atoms. The monoisotopic (exact) mass is 296 g/mol. The Labute approximate surface area is 106 Å². The molecule has 0 unspecified atom stereocenters. The van der Waals surface area contributed by atoms with Gasteiger partial charge in [0.25, 0.3) is 0 Å². The molecule has 2 aromatic rings. The summed E-state index contributed by atoms with van der Waals surface area (Å²) in [6, 6.07) is 11.6. The van der Waals surface area contributed by atoms with Crippen molar-refractivity contribution in [3.05, 3.63) is 52.4 Å². The highest BCUT2D eigenvalue weighted by Gasteiger charge is 2.02. The number of carbonyl (C=O) groups is 1. The lowest BCUT2D eigenvalue weighted by Crippen LogP contribution is -1.77. The van der Waals surface area contributed by atoms with Crippen LogP contribution >= 0.6 is 27.7 Å². The lowest BCUT2D eigenvalue weighted by Gasteiger charge is -1.99. The van der Waals surface area contributed by atoms with Gasteiger partial charge in [0, 0.05) is 9.37 Å². The summed E-state index contributed by atoms with van der Waals surface area (Å²) in [5.41, 5.74) is 0. The summed E-state index contributed by atoms with van der Waals surface area (Å²) in [6.07, 6.45) is 0.716. The first-order chi connectivity index (χ1) is 7.78. The van der Waals surface area contributed by atoms with Gasteiger partial charge in [0.2, 0.25) is 0 Å². The molecule has 0 aliphatic heterocycles. The van der Waals surface area contributed by atoms with E-state index in [2.05, 4.69) is 15.9 Å². The average Bonchev–Trinajstić information content (AvgIpc) is 2.74. The fourth-order valence-electron chi connectivity index (χ4n) is 1.25. The van der Waals surface area contributed by atoms with Gasteiger partial charge in [-0.05, 0) is 30.3 Å². The summed E-state index contributed by atoms with van der Waals surface area (Å²) in [4.78, 5) is 11.6. The van der Waals surface area contributed by atoms with Crippen LogP contribution in [-0.2, 0) is 5.75 Å². The van der Waals surface area contributed by atoms with Crippen LogP contribution in [0.1, 0.15) is 16.3 Å². The normalized spacial score (nSPS) is 10.3. The molecule has 4 heteroatoms. The third-order valence-electron chi connectivity index (χ3n) is 1.98. The Hall–Kier alpha value is -1.00. The highest BCUT2D eigenvalue weighted by Crippen LogP contribution is 2.25. The number of aldehydes is 1. The average molecular weight is 297 g/mol. The highest BCUT2D eigenvalue weighted by molar-refractivity contribution is 9.10. The molecule has 2 nitrogen and oxygen atoms in total. The minimum Gasteiger partial charge on any atom is -0.457 e. The summed E-state index contributed by atoms with van der Waals surface area (Å²) in [5.74, 6) is 1.92. The zero-order valence-corrected chi connectivity index (χ0v) is 10.8. The Morgan fingerprint density at radius 2 is 2.19 bits per heavy atom. The van der Waals surface area contributed by atoms with Crippen molar-refractivity contribution in [2.45, 2.75) is 10.6 Å². The van der Waals surface area contributed by atoms with Crippen LogP contribution in [0, 0.1) is 0 Å². The van der Waals surface area contributed by atoms with E-state index in [1.807, 2.05) is 30.3 Å². The highest BCUT2D eigenvalue weighted by atomic mass is 79.9. The summed E-state index contributed by atoms with van der Waals surface area (Å²) in [6.45, 7) is 0. The largest absolute Gasteiger partial charge is 0.457 e. The maximum Gasteiger partial charge on any atom is 0.185 e. The van der Waals surface area contributed by atoms with E-state index in [1.54, 1.807) is 17.8 Å². The third-order valence-corrected chi connectivity index (χ3v) is 3.49. The van der Waals surface area contributed by atoms with Gasteiger partial charge in [-0.15, -0.1) is 11.8 Å². The molecule has 16 heavy (non-hydrogen) atoms. The van der Waals surface area contributed by atoms with Gasteiger partial charge in [-0.25, -0.2) is 0 Å². The van der Waals surface area contributed by atoms with Crippen LogP contribution in [0.15, 0.2) is 50.2 Å². The van der Waals surface area contributed by atoms with Crippen LogP contribution in [0.3, 0.4) is 0 Å². The molecule has 1 heterocycles. The molecule has 0 bridgehead atoms. The lowest BCUT2D eigenvalue weighted by atomic mass is 10.4. The van der Waals surface area contributed by atoms with E-state index in [1.165, 1.54) is 4.90 Å². The number of thioether (sulfide) groups is 1. The summed E-state index contributed by atoms with van der Waals surface area (Å²) in [7, 11) is 0. The SMILES string of the molecule is O=Cc1ccc(CSc2cccc(Br)c2)o1. The van der Waals surface area contributed by atoms with Crippen molar-refractivity contribution in [3.63, 3.8) is 0 Å². The Balaban J connectivity index is 1.99. The van der Waals surface area contributed by atoms with Crippen LogP contribution in [0.4, 0.5) is 0 Å². The first-order valence-corrected chi connectivity index (χ1v) is 6.48. The number of rotatable bonds is 4. The molecule has 0 atom stereocenters. The summed E-state index contributed by atoms with van der Waals surface area (Å²) < 4.78 is 6.34. The predicted molar refractivity (Wildman–Crippen MR) is 67.8 cm³/mol. The van der Waals surface area contributed by atoms with Crippen molar-refractivity contribution >= 4 is 34.0 Å². The molecule has 0 fully saturated rings. The molecule has 0 amide bonds. The molecule has 1 aromatic heterocycles. The minimum atomic E-state index is 0.379. The van der Waals surface area contributed by atoms with Gasteiger partial charge in [0.15, 0.2) is 12.0 Å². The summed E-state index contributed by atoms with van der Waals surface area (Å²) >= 11 is 5.09. The maximum atomic E-state index is 10.4. The van der Waals surface area contributed by atoms with Crippen LogP contribution in [-0.4, -0.2) is 6.29 Å². The van der Waals surface area contributed by atoms with E-state index in [9.17, 15) is 4.79 Å². The van der Waals surface area contributed by atoms with Crippen molar-refractivity contribution in [1.82, 2.24) is 0 Å². The number of furan rings is 1. The van der Waals surface area contributed by atoms with Crippen LogP contribution < -0.4 is 0 Å². The van der Waals surface area contributed by atoms with Crippen LogP contribution in [0.5, 0.6) is 0 Å². The van der Waals surface area contributed by atoms with Gasteiger partial charge in [-0.3, -0.25) is 4.79 Å². The fourth-order valence-corrected chi connectivity index (χ4v) is 2.65. The second kappa shape index (κ2) is 5.37. The second-order valence-electron chi connectivity index (χ2n) is 3.17. The Morgan fingerprint density at radius 1 is 1.31 bits per heavy atom. The van der Waals surface area contributed by atoms with Gasteiger partial charge in [-0.2, -0.15) is 0 Å². The zero-order chi connectivity index (χ0) is 11.4. The number of halogens is 1. The number of hydrogen-bond acceptors (Lipinski definition) is 3. The first kappa shape index (κ1) is 11.5. The van der Waals surface area contributed by atoms with E-state index in [0.29, 0.717) is 12.0 Å². The van der Waals surface area contributed by atoms with Crippen molar-refractivity contribution in [3.8, 4) is 0 Å². The molecule has 0 saturated carbocycles. The number of carbonyl (C=O) groups excluding carboxylic acids is 1. The van der Waals surface area contributed by atoms with Gasteiger partial charge in [0.1, 0.15) is 5.76 Å². The van der Waals surface area contributed by atoms with E-state index in [-0.39, 0.29) is 0 Å². The number of benzene rings is 1. The van der Waals surface area contributed by atoms with E-state index in [4.69, 9.17) is 4.42 Å². The number of hydrogen-bond donors (Lipinski definition) is 0. The van der Waals surface area contributed by atoms with Crippen molar-refractivity contribution in [2.24, 2.45) is 0 Å². The smallest absolute Gasteiger partial charge is 0.185 e. The predicted octanol–water partition coefficient (Wildman–Crippen LogP) is 4.15. The van der Waals surface area contributed by atoms with Crippen molar-refractivity contribution < 1.29 is 9.21 Å². The fraction of sp³-hybridized carbons (Fsp3) is 0.0833. The summed E-state index contributed by atoms with van der Waals surface area (Å²) in [5, 5.41) is 0. The zero-order valence-electron chi connectivity index (χ0n) is 8.35. The molecular weight excluding hydrogens is 288 g/mol. The first-order valence-electron chi connectivity index (χ1n) is 4.70. The van der Waals surface area contributed by atoms with Gasteiger partial charge in [-0.1, -0.05) is 22.0 Å². The molecule has 1 aromatic carbocycles. The van der Waals surface area contributed by atoms with E-state index >= 15 is 0 Å².